The van der Waals surface area contributed by atoms with E-state index < -0.39 is 0 Å². The number of hydrogen-bond acceptors (Lipinski definition) is 1. The standard InChI is InChI=1S/C48H30O/c1-3-14-31(15-4-1)35-24-13-18-33-26-29-42(47(46(33)35)32-16-5-2-6-17-32)48-40-22-9-7-20-38(40)45(39-21-8-10-23-41(39)48)34-27-28-37-36-19-11-12-25-43(36)49-44(37)30-34/h1-30H. The predicted octanol–water partition coefficient (Wildman–Crippen LogP) is 13.7. The van der Waals surface area contributed by atoms with Gasteiger partial charge in [-0.1, -0.05) is 164 Å². The van der Waals surface area contributed by atoms with Crippen molar-refractivity contribution in [3.63, 3.8) is 0 Å². The van der Waals surface area contributed by atoms with Crippen molar-refractivity contribution < 1.29 is 4.42 Å². The first-order chi connectivity index (χ1) is 24.3. The van der Waals surface area contributed by atoms with Crippen LogP contribution < -0.4 is 0 Å². The fourth-order valence-electron chi connectivity index (χ4n) is 7.96. The zero-order valence-electron chi connectivity index (χ0n) is 26.7. The van der Waals surface area contributed by atoms with E-state index in [-0.39, 0.29) is 0 Å². The summed E-state index contributed by atoms with van der Waals surface area (Å²) in [5.74, 6) is 0. The summed E-state index contributed by atoms with van der Waals surface area (Å²) in [4.78, 5) is 0. The maximum Gasteiger partial charge on any atom is 0.136 e. The van der Waals surface area contributed by atoms with E-state index >= 15 is 0 Å². The molecule has 0 saturated heterocycles. The summed E-state index contributed by atoms with van der Waals surface area (Å²) in [7, 11) is 0. The van der Waals surface area contributed by atoms with Gasteiger partial charge in [0.25, 0.3) is 0 Å². The lowest BCUT2D eigenvalue weighted by molar-refractivity contribution is 0.669. The maximum absolute atomic E-state index is 6.39. The molecule has 0 unspecified atom stereocenters. The Labute approximate surface area is 284 Å². The van der Waals surface area contributed by atoms with Crippen LogP contribution in [0.3, 0.4) is 0 Å². The first-order valence-corrected chi connectivity index (χ1v) is 16.9. The molecule has 0 spiro atoms. The minimum Gasteiger partial charge on any atom is -0.456 e. The van der Waals surface area contributed by atoms with E-state index in [2.05, 4.69) is 170 Å². The third-order valence-corrected chi connectivity index (χ3v) is 10.1. The molecule has 0 N–H and O–H groups in total. The van der Waals surface area contributed by atoms with Gasteiger partial charge in [-0.3, -0.25) is 0 Å². The van der Waals surface area contributed by atoms with Crippen molar-refractivity contribution in [2.24, 2.45) is 0 Å². The fraction of sp³-hybridized carbons (Fsp3) is 0. The van der Waals surface area contributed by atoms with Gasteiger partial charge in [0, 0.05) is 10.8 Å². The monoisotopic (exact) mass is 622 g/mol. The van der Waals surface area contributed by atoms with Gasteiger partial charge < -0.3 is 4.42 Å². The van der Waals surface area contributed by atoms with Crippen molar-refractivity contribution in [1.29, 1.82) is 0 Å². The SMILES string of the molecule is c1ccc(-c2cccc3ccc(-c4c5ccccc5c(-c5ccc6c(c5)oc5ccccc56)c5ccccc45)c(-c4ccccc4)c23)cc1. The van der Waals surface area contributed by atoms with Crippen molar-refractivity contribution in [2.45, 2.75) is 0 Å². The topological polar surface area (TPSA) is 13.1 Å². The highest BCUT2D eigenvalue weighted by molar-refractivity contribution is 6.25. The molecule has 0 atom stereocenters. The van der Waals surface area contributed by atoms with Crippen LogP contribution in [0.4, 0.5) is 0 Å². The zero-order valence-corrected chi connectivity index (χ0v) is 26.7. The maximum atomic E-state index is 6.39. The lowest BCUT2D eigenvalue weighted by Crippen LogP contribution is -1.94. The molecule has 0 amide bonds. The molecule has 0 radical (unpaired) electrons. The average Bonchev–Trinajstić information content (AvgIpc) is 3.55. The van der Waals surface area contributed by atoms with Crippen molar-refractivity contribution in [3.8, 4) is 44.5 Å². The Morgan fingerprint density at radius 3 is 1.55 bits per heavy atom. The number of hydrogen-bond donors (Lipinski definition) is 0. The Hall–Kier alpha value is -6.44. The summed E-state index contributed by atoms with van der Waals surface area (Å²) >= 11 is 0. The van der Waals surface area contributed by atoms with Gasteiger partial charge in [-0.15, -0.1) is 0 Å². The number of para-hydroxylation sites is 1. The number of furan rings is 1. The highest BCUT2D eigenvalue weighted by atomic mass is 16.3. The van der Waals surface area contributed by atoms with Crippen molar-refractivity contribution in [2.75, 3.05) is 0 Å². The molecular formula is C48H30O. The molecule has 10 aromatic rings. The minimum absolute atomic E-state index is 0.908. The van der Waals surface area contributed by atoms with Gasteiger partial charge in [-0.2, -0.15) is 0 Å². The van der Waals surface area contributed by atoms with E-state index in [9.17, 15) is 0 Å². The number of benzene rings is 9. The third kappa shape index (κ3) is 4.33. The molecule has 228 valence electrons. The summed E-state index contributed by atoms with van der Waals surface area (Å²) in [5.41, 5.74) is 11.6. The van der Waals surface area contributed by atoms with Crippen molar-refractivity contribution in [3.05, 3.63) is 182 Å². The Morgan fingerprint density at radius 2 is 0.857 bits per heavy atom. The summed E-state index contributed by atoms with van der Waals surface area (Å²) in [5, 5.41) is 9.70. The second-order valence-electron chi connectivity index (χ2n) is 12.8. The normalized spacial score (nSPS) is 11.7. The van der Waals surface area contributed by atoms with Crippen molar-refractivity contribution in [1.82, 2.24) is 0 Å². The van der Waals surface area contributed by atoms with Gasteiger partial charge in [-0.05, 0) is 95.0 Å². The van der Waals surface area contributed by atoms with Crippen LogP contribution in [0, 0.1) is 0 Å². The summed E-state index contributed by atoms with van der Waals surface area (Å²) in [6.07, 6.45) is 0. The number of rotatable bonds is 4. The molecule has 1 nitrogen and oxygen atoms in total. The van der Waals surface area contributed by atoms with Crippen LogP contribution in [-0.2, 0) is 0 Å². The van der Waals surface area contributed by atoms with Gasteiger partial charge in [0.1, 0.15) is 11.2 Å². The smallest absolute Gasteiger partial charge is 0.136 e. The minimum atomic E-state index is 0.908. The Balaban J connectivity index is 1.33. The van der Waals surface area contributed by atoms with Crippen molar-refractivity contribution >= 4 is 54.3 Å². The largest absolute Gasteiger partial charge is 0.456 e. The Kier molecular flexibility index (Phi) is 6.25. The molecule has 0 saturated carbocycles. The molecular weight excluding hydrogens is 593 g/mol. The summed E-state index contributed by atoms with van der Waals surface area (Å²) in [6.45, 7) is 0. The summed E-state index contributed by atoms with van der Waals surface area (Å²) < 4.78 is 6.39. The Morgan fingerprint density at radius 1 is 0.286 bits per heavy atom. The summed E-state index contributed by atoms with van der Waals surface area (Å²) in [6, 6.07) is 65.8. The van der Waals surface area contributed by atoms with Gasteiger partial charge in [0.2, 0.25) is 0 Å². The first-order valence-electron chi connectivity index (χ1n) is 16.9. The van der Waals surface area contributed by atoms with Crippen LogP contribution in [-0.4, -0.2) is 0 Å². The average molecular weight is 623 g/mol. The molecule has 1 aromatic heterocycles. The molecule has 0 aliphatic carbocycles. The second kappa shape index (κ2) is 11.1. The highest BCUT2D eigenvalue weighted by Crippen LogP contribution is 2.49. The third-order valence-electron chi connectivity index (χ3n) is 10.1. The molecule has 9 aromatic carbocycles. The first kappa shape index (κ1) is 27.7. The van der Waals surface area contributed by atoms with E-state index in [1.165, 1.54) is 71.3 Å². The Bertz CT molecular complexity index is 2800. The lowest BCUT2D eigenvalue weighted by Gasteiger charge is -2.22. The molecule has 0 fully saturated rings. The lowest BCUT2D eigenvalue weighted by atomic mass is 9.81. The van der Waals surface area contributed by atoms with Gasteiger partial charge >= 0.3 is 0 Å². The van der Waals surface area contributed by atoms with Crippen LogP contribution in [0.25, 0.3) is 98.8 Å². The van der Waals surface area contributed by atoms with Crippen LogP contribution in [0.5, 0.6) is 0 Å². The van der Waals surface area contributed by atoms with E-state index in [1.807, 2.05) is 12.1 Å². The highest BCUT2D eigenvalue weighted by Gasteiger charge is 2.22. The molecule has 1 heteroatoms. The molecule has 49 heavy (non-hydrogen) atoms. The van der Waals surface area contributed by atoms with Gasteiger partial charge in [0.05, 0.1) is 0 Å². The predicted molar refractivity (Wildman–Crippen MR) is 208 cm³/mol. The van der Waals surface area contributed by atoms with Crippen LogP contribution in [0.1, 0.15) is 0 Å². The van der Waals surface area contributed by atoms with Crippen LogP contribution in [0.2, 0.25) is 0 Å². The van der Waals surface area contributed by atoms with Crippen LogP contribution in [0.15, 0.2) is 186 Å². The van der Waals surface area contributed by atoms with E-state index in [1.54, 1.807) is 0 Å². The quantitative estimate of drug-likeness (QED) is 0.178. The fourth-order valence-corrected chi connectivity index (χ4v) is 7.96. The van der Waals surface area contributed by atoms with E-state index in [4.69, 9.17) is 4.42 Å². The second-order valence-corrected chi connectivity index (χ2v) is 12.8. The molecule has 10 rings (SSSR count). The molecule has 0 aliphatic heterocycles. The van der Waals surface area contributed by atoms with Gasteiger partial charge in [-0.25, -0.2) is 0 Å². The van der Waals surface area contributed by atoms with E-state index in [0.29, 0.717) is 0 Å². The number of fused-ring (bicyclic) bond motifs is 6. The molecule has 0 bridgehead atoms. The van der Waals surface area contributed by atoms with Gasteiger partial charge in [0.15, 0.2) is 0 Å². The van der Waals surface area contributed by atoms with Crippen LogP contribution >= 0.6 is 0 Å². The molecule has 0 aliphatic rings. The van der Waals surface area contributed by atoms with E-state index in [0.717, 1.165) is 27.5 Å². The molecule has 1 heterocycles. The zero-order chi connectivity index (χ0) is 32.3.